The third-order valence-electron chi connectivity index (χ3n) is 4.34. The summed E-state index contributed by atoms with van der Waals surface area (Å²) in [5.41, 5.74) is 1.29. The van der Waals surface area contributed by atoms with Crippen LogP contribution in [-0.2, 0) is 11.2 Å². The molecule has 2 aliphatic rings. The van der Waals surface area contributed by atoms with E-state index in [4.69, 9.17) is 4.74 Å². The molecule has 1 aliphatic heterocycles. The van der Waals surface area contributed by atoms with Crippen LogP contribution in [0.5, 0.6) is 0 Å². The molecule has 0 aromatic heterocycles. The second-order valence-electron chi connectivity index (χ2n) is 5.70. The summed E-state index contributed by atoms with van der Waals surface area (Å²) in [4.78, 5) is 0. The summed E-state index contributed by atoms with van der Waals surface area (Å²) in [6.07, 6.45) is 4.78. The van der Waals surface area contributed by atoms with Gasteiger partial charge in [0.05, 0.1) is 12.7 Å². The van der Waals surface area contributed by atoms with Gasteiger partial charge < -0.3 is 9.84 Å². The number of aliphatic hydroxyl groups excluding tert-OH is 1. The zero-order valence-corrected chi connectivity index (χ0v) is 12.6. The number of benzene rings is 1. The van der Waals surface area contributed by atoms with E-state index < -0.39 is 0 Å². The van der Waals surface area contributed by atoms with Crippen molar-refractivity contribution < 1.29 is 9.84 Å². The Morgan fingerprint density at radius 1 is 1.28 bits per heavy atom. The normalized spacial score (nSPS) is 31.8. The van der Waals surface area contributed by atoms with Crippen molar-refractivity contribution in [2.75, 3.05) is 13.2 Å². The lowest BCUT2D eigenvalue weighted by molar-refractivity contribution is 0.000585. The third kappa shape index (κ3) is 2.45. The summed E-state index contributed by atoms with van der Waals surface area (Å²) >= 11 is 2.32. The first kappa shape index (κ1) is 12.9. The maximum absolute atomic E-state index is 9.90. The van der Waals surface area contributed by atoms with Gasteiger partial charge in [-0.15, -0.1) is 0 Å². The molecule has 3 heteroatoms. The molecular weight excluding hydrogens is 339 g/mol. The van der Waals surface area contributed by atoms with Gasteiger partial charge in [0.25, 0.3) is 0 Å². The molecule has 98 valence electrons. The quantitative estimate of drug-likeness (QED) is 0.839. The largest absolute Gasteiger partial charge is 0.396 e. The standard InChI is InChI=1S/C15H19IO2/c16-13-5-1-11(2-6-13)9-15(10-17)7-8-18-14(15)12-3-4-12/h1-2,5-6,12,14,17H,3-4,7-10H2. The van der Waals surface area contributed by atoms with Gasteiger partial charge in [0.1, 0.15) is 0 Å². The molecule has 2 fully saturated rings. The average Bonchev–Trinajstić information content (AvgIpc) is 3.14. The van der Waals surface area contributed by atoms with Gasteiger partial charge in [-0.1, -0.05) is 12.1 Å². The average molecular weight is 358 g/mol. The number of rotatable bonds is 4. The van der Waals surface area contributed by atoms with E-state index in [1.54, 1.807) is 0 Å². The lowest BCUT2D eigenvalue weighted by atomic mass is 9.75. The predicted molar refractivity (Wildman–Crippen MR) is 79.5 cm³/mol. The lowest BCUT2D eigenvalue weighted by Crippen LogP contribution is -2.38. The first-order valence-electron chi connectivity index (χ1n) is 6.70. The van der Waals surface area contributed by atoms with Crippen LogP contribution in [-0.4, -0.2) is 24.4 Å². The molecule has 1 saturated heterocycles. The molecule has 2 unspecified atom stereocenters. The third-order valence-corrected chi connectivity index (χ3v) is 5.05. The molecule has 2 nitrogen and oxygen atoms in total. The minimum Gasteiger partial charge on any atom is -0.396 e. The SMILES string of the molecule is OCC1(Cc2ccc(I)cc2)CCOC1C1CC1. The maximum atomic E-state index is 9.90. The van der Waals surface area contributed by atoms with Gasteiger partial charge in [-0.2, -0.15) is 0 Å². The summed E-state index contributed by atoms with van der Waals surface area (Å²) < 4.78 is 7.18. The Balaban J connectivity index is 1.80. The highest BCUT2D eigenvalue weighted by Gasteiger charge is 2.50. The first-order valence-corrected chi connectivity index (χ1v) is 7.78. The summed E-state index contributed by atoms with van der Waals surface area (Å²) in [6.45, 7) is 1.06. The summed E-state index contributed by atoms with van der Waals surface area (Å²) in [5, 5.41) is 9.90. The van der Waals surface area contributed by atoms with Crippen LogP contribution in [0.3, 0.4) is 0 Å². The lowest BCUT2D eigenvalue weighted by Gasteiger charge is -2.32. The van der Waals surface area contributed by atoms with Crippen molar-refractivity contribution in [2.24, 2.45) is 11.3 Å². The van der Waals surface area contributed by atoms with Gasteiger partial charge in [0, 0.05) is 15.6 Å². The highest BCUT2D eigenvalue weighted by Crippen LogP contribution is 2.49. The number of hydrogen-bond acceptors (Lipinski definition) is 2. The van der Waals surface area contributed by atoms with E-state index in [9.17, 15) is 5.11 Å². The van der Waals surface area contributed by atoms with Crippen LogP contribution in [0.25, 0.3) is 0 Å². The molecule has 0 amide bonds. The van der Waals surface area contributed by atoms with Crippen molar-refractivity contribution in [1.82, 2.24) is 0 Å². The fourth-order valence-corrected chi connectivity index (χ4v) is 3.53. The van der Waals surface area contributed by atoms with Crippen molar-refractivity contribution in [2.45, 2.75) is 31.8 Å². The van der Waals surface area contributed by atoms with E-state index in [1.165, 1.54) is 22.0 Å². The van der Waals surface area contributed by atoms with Gasteiger partial charge in [-0.05, 0) is 71.9 Å². The van der Waals surface area contributed by atoms with Crippen LogP contribution < -0.4 is 0 Å². The monoisotopic (exact) mass is 358 g/mol. The van der Waals surface area contributed by atoms with E-state index in [-0.39, 0.29) is 18.1 Å². The second-order valence-corrected chi connectivity index (χ2v) is 6.95. The Morgan fingerprint density at radius 2 is 2.00 bits per heavy atom. The molecule has 0 bridgehead atoms. The second kappa shape index (κ2) is 5.10. The van der Waals surface area contributed by atoms with Crippen molar-refractivity contribution in [3.05, 3.63) is 33.4 Å². The molecule has 0 spiro atoms. The van der Waals surface area contributed by atoms with Crippen molar-refractivity contribution in [3.8, 4) is 0 Å². The summed E-state index contributed by atoms with van der Waals surface area (Å²) in [7, 11) is 0. The maximum Gasteiger partial charge on any atom is 0.0685 e. The van der Waals surface area contributed by atoms with Crippen molar-refractivity contribution in [3.63, 3.8) is 0 Å². The number of ether oxygens (including phenoxy) is 1. The van der Waals surface area contributed by atoms with E-state index in [1.807, 2.05) is 0 Å². The smallest absolute Gasteiger partial charge is 0.0685 e. The summed E-state index contributed by atoms with van der Waals surface area (Å²) in [5.74, 6) is 0.698. The fraction of sp³-hybridized carbons (Fsp3) is 0.600. The zero-order chi connectivity index (χ0) is 12.6. The minimum atomic E-state index is -0.0338. The van der Waals surface area contributed by atoms with Crippen molar-refractivity contribution >= 4 is 22.6 Å². The van der Waals surface area contributed by atoms with Gasteiger partial charge in [-0.3, -0.25) is 0 Å². The van der Waals surface area contributed by atoms with Crippen LogP contribution in [0.15, 0.2) is 24.3 Å². The van der Waals surface area contributed by atoms with Gasteiger partial charge in [-0.25, -0.2) is 0 Å². The molecule has 18 heavy (non-hydrogen) atoms. The molecule has 3 rings (SSSR count). The molecule has 0 radical (unpaired) electrons. The van der Waals surface area contributed by atoms with Crippen LogP contribution >= 0.6 is 22.6 Å². The Bertz CT molecular complexity index is 413. The molecular formula is C15H19IO2. The molecule has 1 aromatic rings. The highest BCUT2D eigenvalue weighted by atomic mass is 127. The fourth-order valence-electron chi connectivity index (χ4n) is 3.17. The van der Waals surface area contributed by atoms with Crippen LogP contribution in [0.4, 0.5) is 0 Å². The van der Waals surface area contributed by atoms with Gasteiger partial charge in [0.2, 0.25) is 0 Å². The van der Waals surface area contributed by atoms with E-state index in [0.717, 1.165) is 19.4 Å². The van der Waals surface area contributed by atoms with Gasteiger partial charge in [0.15, 0.2) is 0 Å². The Hall–Kier alpha value is -0.130. The van der Waals surface area contributed by atoms with Crippen LogP contribution in [0.2, 0.25) is 0 Å². The molecule has 1 saturated carbocycles. The zero-order valence-electron chi connectivity index (χ0n) is 10.4. The highest BCUT2D eigenvalue weighted by molar-refractivity contribution is 14.1. The van der Waals surface area contributed by atoms with E-state index >= 15 is 0 Å². The van der Waals surface area contributed by atoms with Crippen LogP contribution in [0.1, 0.15) is 24.8 Å². The van der Waals surface area contributed by atoms with E-state index in [2.05, 4.69) is 46.9 Å². The van der Waals surface area contributed by atoms with E-state index in [0.29, 0.717) is 5.92 Å². The molecule has 1 aromatic carbocycles. The molecule has 2 atom stereocenters. The number of aliphatic hydroxyl groups is 1. The molecule has 1 N–H and O–H groups in total. The Kier molecular flexibility index (Phi) is 3.65. The predicted octanol–water partition coefficient (Wildman–Crippen LogP) is 3.01. The Labute approximate surface area is 122 Å². The number of halogens is 1. The summed E-state index contributed by atoms with van der Waals surface area (Å²) in [6, 6.07) is 8.65. The van der Waals surface area contributed by atoms with Gasteiger partial charge >= 0.3 is 0 Å². The molecule has 1 heterocycles. The minimum absolute atomic E-state index is 0.0338. The van der Waals surface area contributed by atoms with Crippen LogP contribution in [0, 0.1) is 14.9 Å². The first-order chi connectivity index (χ1) is 8.73. The topological polar surface area (TPSA) is 29.5 Å². The Morgan fingerprint density at radius 3 is 2.61 bits per heavy atom. The van der Waals surface area contributed by atoms with Crippen molar-refractivity contribution in [1.29, 1.82) is 0 Å². The number of hydrogen-bond donors (Lipinski definition) is 1. The molecule has 1 aliphatic carbocycles.